The Bertz CT molecular complexity index is 1010. The van der Waals surface area contributed by atoms with E-state index < -0.39 is 5.66 Å². The van der Waals surface area contributed by atoms with E-state index in [9.17, 15) is 0 Å². The number of rotatable bonds is 5. The van der Waals surface area contributed by atoms with Crippen LogP contribution < -0.4 is 10.2 Å². The Morgan fingerprint density at radius 2 is 2.00 bits per heavy atom. The number of piperazine rings is 1. The van der Waals surface area contributed by atoms with E-state index in [1.807, 2.05) is 12.1 Å². The lowest BCUT2D eigenvalue weighted by atomic mass is 9.88. The number of halogens is 1. The summed E-state index contributed by atoms with van der Waals surface area (Å²) in [6.45, 7) is 6.17. The molecule has 1 fully saturated rings. The molecule has 1 saturated heterocycles. The van der Waals surface area contributed by atoms with Crippen molar-refractivity contribution < 1.29 is 0 Å². The highest BCUT2D eigenvalue weighted by Gasteiger charge is 2.54. The Morgan fingerprint density at radius 1 is 1.23 bits per heavy atom. The molecule has 5 rings (SSSR count). The van der Waals surface area contributed by atoms with Gasteiger partial charge in [-0.15, -0.1) is 0 Å². The van der Waals surface area contributed by atoms with Gasteiger partial charge in [-0.3, -0.25) is 4.99 Å². The van der Waals surface area contributed by atoms with Crippen LogP contribution in [0.25, 0.3) is 0 Å². The quantitative estimate of drug-likeness (QED) is 0.746. The highest BCUT2D eigenvalue weighted by molar-refractivity contribution is 7.09. The molecule has 0 radical (unpaired) electrons. The Morgan fingerprint density at radius 3 is 2.68 bits per heavy atom. The van der Waals surface area contributed by atoms with Crippen molar-refractivity contribution in [3.63, 3.8) is 0 Å². The van der Waals surface area contributed by atoms with E-state index in [2.05, 4.69) is 73.8 Å². The zero-order chi connectivity index (χ0) is 21.4. The van der Waals surface area contributed by atoms with Crippen LogP contribution in [0.4, 0.5) is 5.13 Å². The fraction of sp³-hybridized carbons (Fsp3) is 0.409. The standard InChI is InChI=1S/C22H26ClN7S/c1-3-19-22(16-4-6-17(23)7-5-16,28(2)21-25-15-26-31-21)30-14-18(8-9-20(30)27-19)29-12-10-24-11-13-29/h4-9,14-15,19,24H,3,10-13H2,1-2H3. The van der Waals surface area contributed by atoms with Gasteiger partial charge in [0, 0.05) is 61.5 Å². The van der Waals surface area contributed by atoms with Crippen molar-refractivity contribution in [3.8, 4) is 0 Å². The van der Waals surface area contributed by atoms with E-state index in [0.29, 0.717) is 0 Å². The summed E-state index contributed by atoms with van der Waals surface area (Å²) in [5.74, 6) is 0.969. The fourth-order valence-corrected chi connectivity index (χ4v) is 5.49. The van der Waals surface area contributed by atoms with E-state index in [-0.39, 0.29) is 6.04 Å². The third-order valence-electron chi connectivity index (χ3n) is 6.32. The van der Waals surface area contributed by atoms with E-state index in [1.54, 1.807) is 6.33 Å². The molecular weight excluding hydrogens is 430 g/mol. The Hall–Kier alpha value is -2.42. The normalized spacial score (nSPS) is 25.3. The van der Waals surface area contributed by atoms with Crippen LogP contribution in [0.1, 0.15) is 18.9 Å². The molecule has 4 heterocycles. The van der Waals surface area contributed by atoms with Gasteiger partial charge in [-0.25, -0.2) is 4.98 Å². The number of hydrogen-bond acceptors (Lipinski definition) is 8. The zero-order valence-electron chi connectivity index (χ0n) is 17.7. The van der Waals surface area contributed by atoms with Crippen molar-refractivity contribution in [2.24, 2.45) is 4.99 Å². The third kappa shape index (κ3) is 3.33. The average Bonchev–Trinajstić information content (AvgIpc) is 3.46. The second kappa shape index (κ2) is 8.26. The van der Waals surface area contributed by atoms with Gasteiger partial charge in [0.15, 0.2) is 5.66 Å². The van der Waals surface area contributed by atoms with E-state index in [1.165, 1.54) is 17.2 Å². The van der Waals surface area contributed by atoms with E-state index >= 15 is 0 Å². The van der Waals surface area contributed by atoms with Gasteiger partial charge < -0.3 is 20.0 Å². The van der Waals surface area contributed by atoms with Crippen LogP contribution in [0.3, 0.4) is 0 Å². The van der Waals surface area contributed by atoms with Gasteiger partial charge in [0.2, 0.25) is 5.13 Å². The molecule has 1 N–H and O–H groups in total. The molecule has 1 aromatic heterocycles. The average molecular weight is 456 g/mol. The number of likely N-dealkylation sites (N-methyl/N-ethyl adjacent to an activating group) is 1. The molecule has 2 unspecified atom stereocenters. The van der Waals surface area contributed by atoms with Gasteiger partial charge in [0.25, 0.3) is 0 Å². The molecule has 0 aliphatic carbocycles. The number of nitrogens with zero attached hydrogens (tertiary/aromatic N) is 6. The number of allylic oxidation sites excluding steroid dienone is 1. The minimum atomic E-state index is -0.557. The first-order valence-electron chi connectivity index (χ1n) is 10.6. The summed E-state index contributed by atoms with van der Waals surface area (Å²) in [7, 11) is 2.09. The van der Waals surface area contributed by atoms with Crippen molar-refractivity contribution in [2.75, 3.05) is 38.1 Å². The van der Waals surface area contributed by atoms with Crippen LogP contribution in [-0.2, 0) is 5.66 Å². The smallest absolute Gasteiger partial charge is 0.206 e. The number of amidine groups is 1. The van der Waals surface area contributed by atoms with Gasteiger partial charge >= 0.3 is 0 Å². The molecule has 31 heavy (non-hydrogen) atoms. The number of hydrogen-bond donors (Lipinski definition) is 1. The van der Waals surface area contributed by atoms with Crippen LogP contribution in [0.2, 0.25) is 5.02 Å². The summed E-state index contributed by atoms with van der Waals surface area (Å²) in [6, 6.07) is 8.14. The van der Waals surface area contributed by atoms with Crippen molar-refractivity contribution in [2.45, 2.75) is 25.0 Å². The van der Waals surface area contributed by atoms with Crippen LogP contribution >= 0.6 is 23.1 Å². The molecule has 3 aliphatic rings. The van der Waals surface area contributed by atoms with Gasteiger partial charge in [-0.2, -0.15) is 4.37 Å². The van der Waals surface area contributed by atoms with Crippen molar-refractivity contribution in [3.05, 3.63) is 65.2 Å². The van der Waals surface area contributed by atoms with Gasteiger partial charge in [0.1, 0.15) is 12.2 Å². The Kier molecular flexibility index (Phi) is 5.45. The first-order chi connectivity index (χ1) is 15.1. The maximum absolute atomic E-state index is 6.26. The topological polar surface area (TPSA) is 59.9 Å². The number of anilines is 1. The summed E-state index contributed by atoms with van der Waals surface area (Å²) in [5, 5.41) is 5.02. The van der Waals surface area contributed by atoms with Gasteiger partial charge in [0.05, 0.1) is 11.7 Å². The molecule has 7 nitrogen and oxygen atoms in total. The van der Waals surface area contributed by atoms with Crippen molar-refractivity contribution >= 4 is 34.1 Å². The summed E-state index contributed by atoms with van der Waals surface area (Å²) >= 11 is 7.66. The number of nitrogens with one attached hydrogen (secondary N) is 1. The Balaban J connectivity index is 1.66. The molecule has 0 saturated carbocycles. The van der Waals surface area contributed by atoms with Crippen LogP contribution in [0.5, 0.6) is 0 Å². The lowest BCUT2D eigenvalue weighted by molar-refractivity contribution is 0.199. The SMILES string of the molecule is CCC1N=C2C=CC(N3CCNCC3)=CN2C1(c1ccc(Cl)cc1)N(C)c1ncns1. The molecule has 1 aromatic carbocycles. The maximum atomic E-state index is 6.26. The first kappa shape index (κ1) is 20.5. The highest BCUT2D eigenvalue weighted by Crippen LogP contribution is 2.46. The predicted octanol–water partition coefficient (Wildman–Crippen LogP) is 3.29. The highest BCUT2D eigenvalue weighted by atomic mass is 35.5. The molecule has 2 aromatic rings. The second-order valence-corrected chi connectivity index (χ2v) is 9.12. The van der Waals surface area contributed by atoms with Crippen LogP contribution in [0.15, 0.2) is 59.6 Å². The molecular formula is C22H26ClN7S. The molecule has 0 spiro atoms. The lowest BCUT2D eigenvalue weighted by Gasteiger charge is -2.48. The maximum Gasteiger partial charge on any atom is 0.206 e. The monoisotopic (exact) mass is 455 g/mol. The van der Waals surface area contributed by atoms with Crippen LogP contribution in [-0.4, -0.2) is 64.3 Å². The number of aromatic nitrogens is 2. The summed E-state index contributed by atoms with van der Waals surface area (Å²) in [4.78, 5) is 16.7. The molecule has 0 bridgehead atoms. The molecule has 9 heteroatoms. The molecule has 162 valence electrons. The fourth-order valence-electron chi connectivity index (χ4n) is 4.82. The predicted molar refractivity (Wildman–Crippen MR) is 126 cm³/mol. The summed E-state index contributed by atoms with van der Waals surface area (Å²) in [6.07, 6.45) is 9.09. The molecule has 2 atom stereocenters. The van der Waals surface area contributed by atoms with E-state index in [0.717, 1.165) is 54.2 Å². The number of fused-ring (bicyclic) bond motifs is 1. The summed E-state index contributed by atoms with van der Waals surface area (Å²) < 4.78 is 4.26. The minimum absolute atomic E-state index is 0.0147. The van der Waals surface area contributed by atoms with Crippen LogP contribution in [0, 0.1) is 0 Å². The largest absolute Gasteiger partial charge is 0.368 e. The number of aliphatic imine (C=N–C) groups is 1. The van der Waals surface area contributed by atoms with Crippen molar-refractivity contribution in [1.29, 1.82) is 0 Å². The second-order valence-electron chi connectivity index (χ2n) is 7.92. The number of benzene rings is 1. The first-order valence-corrected chi connectivity index (χ1v) is 11.8. The van der Waals surface area contributed by atoms with Crippen molar-refractivity contribution in [1.82, 2.24) is 24.5 Å². The summed E-state index contributed by atoms with van der Waals surface area (Å²) in [5.41, 5.74) is 1.78. The molecule has 3 aliphatic heterocycles. The van der Waals surface area contributed by atoms with E-state index in [4.69, 9.17) is 16.6 Å². The van der Waals surface area contributed by atoms with Gasteiger partial charge in [-0.05, 0) is 30.7 Å². The Labute approximate surface area is 191 Å². The molecule has 0 amide bonds. The van der Waals surface area contributed by atoms with Gasteiger partial charge in [-0.1, -0.05) is 30.7 Å². The third-order valence-corrected chi connectivity index (χ3v) is 7.31. The minimum Gasteiger partial charge on any atom is -0.368 e. The lowest BCUT2D eigenvalue weighted by Crippen LogP contribution is -2.59. The zero-order valence-corrected chi connectivity index (χ0v) is 19.3.